The predicted octanol–water partition coefficient (Wildman–Crippen LogP) is 4.80. The first-order valence-electron chi connectivity index (χ1n) is 10.2. The minimum absolute atomic E-state index is 0.0821. The van der Waals surface area contributed by atoms with E-state index in [-0.39, 0.29) is 23.3 Å². The van der Waals surface area contributed by atoms with Crippen molar-refractivity contribution in [3.8, 4) is 11.1 Å². The largest absolute Gasteiger partial charge is 0.339 e. The molecule has 0 unspecified atom stereocenters. The highest BCUT2D eigenvalue weighted by molar-refractivity contribution is 7.99. The number of carbonyl (C=O) groups excluding carboxylic acids is 1. The lowest BCUT2D eigenvalue weighted by molar-refractivity contribution is -0.131. The molecule has 1 amide bonds. The Morgan fingerprint density at radius 2 is 2.13 bits per heavy atom. The molecule has 4 rings (SSSR count). The SMILES string of the molecule is C=CCn1c(SCC(=O)N2CCCC[C@@H]2C)nc2scc(-c3ccccc3)c2c1=O. The summed E-state index contributed by atoms with van der Waals surface area (Å²) in [5.74, 6) is 0.402. The fraction of sp³-hybridized carbons (Fsp3) is 0.348. The lowest BCUT2D eigenvalue weighted by Gasteiger charge is -2.33. The highest BCUT2D eigenvalue weighted by atomic mass is 32.2. The highest BCUT2D eigenvalue weighted by Gasteiger charge is 2.24. The van der Waals surface area contributed by atoms with Gasteiger partial charge in [0.15, 0.2) is 5.16 Å². The third kappa shape index (κ3) is 4.09. The number of fused-ring (bicyclic) bond motifs is 1. The number of nitrogens with zero attached hydrogens (tertiary/aromatic N) is 3. The summed E-state index contributed by atoms with van der Waals surface area (Å²) in [5.41, 5.74) is 1.82. The molecule has 1 aromatic carbocycles. The number of hydrogen-bond acceptors (Lipinski definition) is 5. The van der Waals surface area contributed by atoms with Gasteiger partial charge in [-0.15, -0.1) is 17.9 Å². The first-order chi connectivity index (χ1) is 14.6. The van der Waals surface area contributed by atoms with Crippen molar-refractivity contribution in [2.75, 3.05) is 12.3 Å². The summed E-state index contributed by atoms with van der Waals surface area (Å²) in [4.78, 5) is 33.6. The molecule has 156 valence electrons. The van der Waals surface area contributed by atoms with Gasteiger partial charge >= 0.3 is 0 Å². The monoisotopic (exact) mass is 439 g/mol. The Balaban J connectivity index is 1.66. The van der Waals surface area contributed by atoms with Gasteiger partial charge in [0.25, 0.3) is 5.56 Å². The number of thioether (sulfide) groups is 1. The fourth-order valence-corrected chi connectivity index (χ4v) is 5.80. The zero-order valence-electron chi connectivity index (χ0n) is 17.0. The van der Waals surface area contributed by atoms with Gasteiger partial charge < -0.3 is 4.90 Å². The minimum atomic E-state index is -0.0821. The van der Waals surface area contributed by atoms with Crippen LogP contribution < -0.4 is 5.56 Å². The number of carbonyl (C=O) groups is 1. The van der Waals surface area contributed by atoms with Crippen LogP contribution in [-0.4, -0.2) is 38.7 Å². The second-order valence-electron chi connectivity index (χ2n) is 7.51. The van der Waals surface area contributed by atoms with Crippen LogP contribution >= 0.6 is 23.1 Å². The molecule has 0 saturated carbocycles. The number of thiophene rings is 1. The molecule has 0 radical (unpaired) electrons. The van der Waals surface area contributed by atoms with Crippen LogP contribution in [0.5, 0.6) is 0 Å². The van der Waals surface area contributed by atoms with E-state index in [1.54, 1.807) is 10.6 Å². The van der Waals surface area contributed by atoms with Crippen LogP contribution in [-0.2, 0) is 11.3 Å². The molecule has 3 aromatic rings. The van der Waals surface area contributed by atoms with Crippen molar-refractivity contribution in [1.29, 1.82) is 0 Å². The van der Waals surface area contributed by atoms with E-state index >= 15 is 0 Å². The van der Waals surface area contributed by atoms with Crippen molar-refractivity contribution >= 4 is 39.2 Å². The smallest absolute Gasteiger partial charge is 0.263 e. The summed E-state index contributed by atoms with van der Waals surface area (Å²) in [7, 11) is 0. The van der Waals surface area contributed by atoms with Crippen LogP contribution in [0.2, 0.25) is 0 Å². The molecule has 0 bridgehead atoms. The average molecular weight is 440 g/mol. The van der Waals surface area contributed by atoms with E-state index in [0.29, 0.717) is 21.9 Å². The summed E-state index contributed by atoms with van der Waals surface area (Å²) in [6.45, 7) is 7.08. The summed E-state index contributed by atoms with van der Waals surface area (Å²) in [6.07, 6.45) is 4.99. The fourth-order valence-electron chi connectivity index (χ4n) is 3.91. The third-order valence-electron chi connectivity index (χ3n) is 5.50. The number of piperidine rings is 1. The normalized spacial score (nSPS) is 16.7. The molecule has 1 fully saturated rings. The minimum Gasteiger partial charge on any atom is -0.339 e. The van der Waals surface area contributed by atoms with E-state index in [4.69, 9.17) is 4.98 Å². The molecule has 2 aromatic heterocycles. The first kappa shape index (κ1) is 20.9. The summed E-state index contributed by atoms with van der Waals surface area (Å²) in [6, 6.07) is 10.2. The van der Waals surface area contributed by atoms with Crippen LogP contribution in [0.25, 0.3) is 21.3 Å². The Kier molecular flexibility index (Phi) is 6.39. The molecule has 3 heterocycles. The molecule has 1 aliphatic heterocycles. The molecule has 5 nitrogen and oxygen atoms in total. The van der Waals surface area contributed by atoms with Crippen molar-refractivity contribution in [1.82, 2.24) is 14.5 Å². The van der Waals surface area contributed by atoms with Crippen molar-refractivity contribution < 1.29 is 4.79 Å². The van der Waals surface area contributed by atoms with E-state index in [1.807, 2.05) is 40.6 Å². The van der Waals surface area contributed by atoms with E-state index in [9.17, 15) is 9.59 Å². The molecule has 7 heteroatoms. The maximum atomic E-state index is 13.4. The Hall–Kier alpha value is -2.38. The molecule has 0 N–H and O–H groups in total. The zero-order chi connectivity index (χ0) is 21.1. The number of rotatable bonds is 6. The number of allylic oxidation sites excluding steroid dienone is 1. The van der Waals surface area contributed by atoms with Crippen molar-refractivity contribution in [2.45, 2.75) is 43.9 Å². The van der Waals surface area contributed by atoms with E-state index in [1.165, 1.54) is 29.5 Å². The van der Waals surface area contributed by atoms with Crippen molar-refractivity contribution in [3.63, 3.8) is 0 Å². The molecule has 1 atom stereocenters. The summed E-state index contributed by atoms with van der Waals surface area (Å²) >= 11 is 2.81. The Labute approximate surface area is 184 Å². The van der Waals surface area contributed by atoms with Crippen LogP contribution in [0, 0.1) is 0 Å². The van der Waals surface area contributed by atoms with Gasteiger partial charge in [0.2, 0.25) is 5.91 Å². The molecular formula is C23H25N3O2S2. The van der Waals surface area contributed by atoms with E-state index in [0.717, 1.165) is 30.5 Å². The number of likely N-dealkylation sites (tertiary alicyclic amines) is 1. The lowest BCUT2D eigenvalue weighted by Crippen LogP contribution is -2.43. The molecule has 0 aliphatic carbocycles. The van der Waals surface area contributed by atoms with Crippen LogP contribution in [0.15, 0.2) is 58.3 Å². The highest BCUT2D eigenvalue weighted by Crippen LogP contribution is 2.32. The molecule has 0 spiro atoms. The second kappa shape index (κ2) is 9.18. The number of amides is 1. The quantitative estimate of drug-likeness (QED) is 0.314. The average Bonchev–Trinajstić information content (AvgIpc) is 3.19. The van der Waals surface area contributed by atoms with Crippen molar-refractivity contribution in [2.24, 2.45) is 0 Å². The predicted molar refractivity (Wildman–Crippen MR) is 125 cm³/mol. The van der Waals surface area contributed by atoms with E-state index < -0.39 is 0 Å². The first-order valence-corrected chi connectivity index (χ1v) is 12.1. The second-order valence-corrected chi connectivity index (χ2v) is 9.32. The summed E-state index contributed by atoms with van der Waals surface area (Å²) < 4.78 is 1.63. The molecular weight excluding hydrogens is 414 g/mol. The molecule has 1 saturated heterocycles. The maximum Gasteiger partial charge on any atom is 0.263 e. The van der Waals surface area contributed by atoms with Gasteiger partial charge in [-0.25, -0.2) is 4.98 Å². The maximum absolute atomic E-state index is 13.4. The Bertz CT molecular complexity index is 1120. The Morgan fingerprint density at radius 3 is 2.87 bits per heavy atom. The van der Waals surface area contributed by atoms with Crippen LogP contribution in [0.4, 0.5) is 0 Å². The topological polar surface area (TPSA) is 55.2 Å². The Morgan fingerprint density at radius 1 is 1.33 bits per heavy atom. The molecule has 1 aliphatic rings. The van der Waals surface area contributed by atoms with E-state index in [2.05, 4.69) is 13.5 Å². The van der Waals surface area contributed by atoms with Gasteiger partial charge in [0.1, 0.15) is 4.83 Å². The zero-order valence-corrected chi connectivity index (χ0v) is 18.7. The van der Waals surface area contributed by atoms with Gasteiger partial charge in [0, 0.05) is 30.1 Å². The van der Waals surface area contributed by atoms with Gasteiger partial charge in [-0.05, 0) is 31.7 Å². The van der Waals surface area contributed by atoms with Crippen molar-refractivity contribution in [3.05, 3.63) is 58.7 Å². The molecule has 30 heavy (non-hydrogen) atoms. The third-order valence-corrected chi connectivity index (χ3v) is 7.34. The number of aromatic nitrogens is 2. The van der Waals surface area contributed by atoms with Gasteiger partial charge in [-0.1, -0.05) is 48.2 Å². The summed E-state index contributed by atoms with van der Waals surface area (Å²) in [5, 5.41) is 3.20. The van der Waals surface area contributed by atoms with Gasteiger partial charge in [-0.3, -0.25) is 14.2 Å². The van der Waals surface area contributed by atoms with Gasteiger partial charge in [-0.2, -0.15) is 0 Å². The van der Waals surface area contributed by atoms with Gasteiger partial charge in [0.05, 0.1) is 11.1 Å². The number of benzene rings is 1. The lowest BCUT2D eigenvalue weighted by atomic mass is 10.0. The standard InChI is InChI=1S/C23H25N3O2S2/c1-3-12-26-22(28)20-18(17-10-5-4-6-11-17)14-29-21(20)24-23(26)30-15-19(27)25-13-8-7-9-16(25)2/h3-6,10-11,14,16H,1,7-9,12-13,15H2,2H3/t16-/m0/s1. The number of hydrogen-bond donors (Lipinski definition) is 0. The van der Waals surface area contributed by atoms with Crippen LogP contribution in [0.1, 0.15) is 26.2 Å². The van der Waals surface area contributed by atoms with Crippen LogP contribution in [0.3, 0.4) is 0 Å².